The second-order valence-electron chi connectivity index (χ2n) is 10.3. The second kappa shape index (κ2) is 11.2. The van der Waals surface area contributed by atoms with Gasteiger partial charge in [0.05, 0.1) is 18.0 Å². The minimum atomic E-state index is -0.386. The van der Waals surface area contributed by atoms with Crippen LogP contribution >= 0.6 is 0 Å². The summed E-state index contributed by atoms with van der Waals surface area (Å²) in [4.78, 5) is 30.0. The van der Waals surface area contributed by atoms with Crippen molar-refractivity contribution < 1.29 is 14.3 Å². The predicted octanol–water partition coefficient (Wildman–Crippen LogP) is 3.49. The number of benzene rings is 1. The van der Waals surface area contributed by atoms with E-state index in [1.54, 1.807) is 0 Å². The zero-order valence-corrected chi connectivity index (χ0v) is 20.4. The second-order valence-corrected chi connectivity index (χ2v) is 10.3. The van der Waals surface area contributed by atoms with Crippen LogP contribution in [-0.4, -0.2) is 68.0 Å². The Morgan fingerprint density at radius 1 is 1.19 bits per heavy atom. The first kappa shape index (κ1) is 24.6. The van der Waals surface area contributed by atoms with Crippen molar-refractivity contribution in [2.24, 2.45) is 11.3 Å². The van der Waals surface area contributed by atoms with Crippen LogP contribution < -0.4 is 10.1 Å². The summed E-state index contributed by atoms with van der Waals surface area (Å²) in [5.74, 6) is 1.72. The van der Waals surface area contributed by atoms with Crippen molar-refractivity contribution in [3.63, 3.8) is 0 Å². The Hall–Kier alpha value is -2.08. The van der Waals surface area contributed by atoms with E-state index >= 15 is 0 Å². The van der Waals surface area contributed by atoms with E-state index in [0.29, 0.717) is 32.2 Å². The molecule has 3 rings (SSSR count). The van der Waals surface area contributed by atoms with Crippen molar-refractivity contribution in [3.8, 4) is 5.75 Å². The van der Waals surface area contributed by atoms with Gasteiger partial charge in [-0.2, -0.15) is 0 Å². The molecule has 0 unspecified atom stereocenters. The van der Waals surface area contributed by atoms with Crippen molar-refractivity contribution >= 4 is 11.8 Å². The Balaban J connectivity index is 1.75. The van der Waals surface area contributed by atoms with Gasteiger partial charge in [0.2, 0.25) is 11.8 Å². The molecule has 2 amide bonds. The van der Waals surface area contributed by atoms with Gasteiger partial charge >= 0.3 is 0 Å². The summed E-state index contributed by atoms with van der Waals surface area (Å²) in [6, 6.07) is 8.27. The molecule has 6 nitrogen and oxygen atoms in total. The molecule has 1 spiro atoms. The highest BCUT2D eigenvalue weighted by Gasteiger charge is 2.42. The van der Waals surface area contributed by atoms with E-state index in [-0.39, 0.29) is 23.3 Å². The Bertz CT molecular complexity index is 769. The fourth-order valence-electron chi connectivity index (χ4n) is 5.04. The molecule has 0 saturated carbocycles. The molecule has 2 aliphatic rings. The molecular formula is C26H41N3O3. The maximum Gasteiger partial charge on any atom is 0.236 e. The fraction of sp³-hybridized carbons (Fsp3) is 0.692. The third-order valence-corrected chi connectivity index (χ3v) is 6.86. The van der Waals surface area contributed by atoms with Gasteiger partial charge in [-0.25, -0.2) is 0 Å². The Labute approximate surface area is 193 Å². The van der Waals surface area contributed by atoms with Gasteiger partial charge < -0.3 is 19.9 Å². The summed E-state index contributed by atoms with van der Waals surface area (Å²) in [7, 11) is 3.83. The summed E-state index contributed by atoms with van der Waals surface area (Å²) < 4.78 is 6.21. The van der Waals surface area contributed by atoms with Crippen LogP contribution in [0, 0.1) is 11.3 Å². The number of amides is 2. The van der Waals surface area contributed by atoms with Gasteiger partial charge in [0.1, 0.15) is 12.4 Å². The van der Waals surface area contributed by atoms with Crippen molar-refractivity contribution in [1.82, 2.24) is 15.1 Å². The minimum Gasteiger partial charge on any atom is -0.491 e. The molecule has 1 aromatic rings. The molecule has 0 aliphatic carbocycles. The molecular weight excluding hydrogens is 402 g/mol. The van der Waals surface area contributed by atoms with E-state index in [0.717, 1.165) is 50.7 Å². The summed E-state index contributed by atoms with van der Waals surface area (Å²) in [6.07, 6.45) is 6.25. The highest BCUT2D eigenvalue weighted by molar-refractivity contribution is 5.84. The molecule has 0 radical (unpaired) electrons. The summed E-state index contributed by atoms with van der Waals surface area (Å²) in [5.41, 5.74) is 0.865. The Morgan fingerprint density at radius 3 is 2.59 bits per heavy atom. The number of carbonyl (C=O) groups excluding carboxylic acids is 2. The molecule has 32 heavy (non-hydrogen) atoms. The molecule has 1 aromatic carbocycles. The van der Waals surface area contributed by atoms with E-state index in [1.807, 2.05) is 36.0 Å². The standard InChI is InChI=1S/C26H41N3O3/c1-20(2)17-22-19-32-23-11-6-5-9-21(23)10-7-8-12-26(25(31)27-22)13-15-29(16-14-26)24(30)18-28(3)4/h5-6,9,11,20,22H,7-8,10,12-19H2,1-4H3,(H,27,31)/t22-/m0/s1. The number of likely N-dealkylation sites (N-methyl/N-ethyl adjacent to an activating group) is 1. The number of rotatable bonds is 4. The van der Waals surface area contributed by atoms with Gasteiger partial charge in [-0.05, 0) is 70.2 Å². The molecule has 1 atom stereocenters. The number of carbonyl (C=O) groups is 2. The zero-order valence-electron chi connectivity index (χ0n) is 20.4. The van der Waals surface area contributed by atoms with Crippen LogP contribution in [0.5, 0.6) is 5.75 Å². The summed E-state index contributed by atoms with van der Waals surface area (Å²) in [5, 5.41) is 3.36. The van der Waals surface area contributed by atoms with Crippen LogP contribution in [0.3, 0.4) is 0 Å². The van der Waals surface area contributed by atoms with Crippen LogP contribution in [0.4, 0.5) is 0 Å². The number of fused-ring (bicyclic) bond motifs is 1. The van der Waals surface area contributed by atoms with Crippen LogP contribution in [-0.2, 0) is 16.0 Å². The number of hydrogen-bond acceptors (Lipinski definition) is 4. The smallest absolute Gasteiger partial charge is 0.236 e. The van der Waals surface area contributed by atoms with Gasteiger partial charge in [0, 0.05) is 13.1 Å². The van der Waals surface area contributed by atoms with E-state index in [4.69, 9.17) is 4.74 Å². The predicted molar refractivity (Wildman–Crippen MR) is 128 cm³/mol. The molecule has 0 bridgehead atoms. The van der Waals surface area contributed by atoms with E-state index in [1.165, 1.54) is 5.56 Å². The molecule has 1 saturated heterocycles. The minimum absolute atomic E-state index is 0.0136. The van der Waals surface area contributed by atoms with Gasteiger partial charge in [0.25, 0.3) is 0 Å². The van der Waals surface area contributed by atoms with E-state index in [9.17, 15) is 9.59 Å². The average molecular weight is 444 g/mol. The number of likely N-dealkylation sites (tertiary alicyclic amines) is 1. The lowest BCUT2D eigenvalue weighted by atomic mass is 9.73. The fourth-order valence-corrected chi connectivity index (χ4v) is 5.04. The van der Waals surface area contributed by atoms with Gasteiger partial charge in [-0.1, -0.05) is 38.5 Å². The molecule has 2 aliphatic heterocycles. The first-order valence-electron chi connectivity index (χ1n) is 12.2. The lowest BCUT2D eigenvalue weighted by molar-refractivity contribution is -0.142. The Kier molecular flexibility index (Phi) is 8.57. The highest BCUT2D eigenvalue weighted by atomic mass is 16.5. The van der Waals surface area contributed by atoms with Crippen LogP contribution in [0.25, 0.3) is 0 Å². The van der Waals surface area contributed by atoms with E-state index < -0.39 is 0 Å². The molecule has 0 aromatic heterocycles. The normalized spacial score (nSPS) is 22.0. The zero-order chi connectivity index (χ0) is 23.1. The van der Waals surface area contributed by atoms with Crippen LogP contribution in [0.2, 0.25) is 0 Å². The highest BCUT2D eigenvalue weighted by Crippen LogP contribution is 2.38. The quantitative estimate of drug-likeness (QED) is 0.774. The number of para-hydroxylation sites is 1. The number of nitrogens with one attached hydrogen (secondary N) is 1. The molecule has 2 heterocycles. The van der Waals surface area contributed by atoms with E-state index in [2.05, 4.69) is 31.3 Å². The van der Waals surface area contributed by atoms with Crippen molar-refractivity contribution in [1.29, 1.82) is 0 Å². The Morgan fingerprint density at radius 2 is 1.91 bits per heavy atom. The van der Waals surface area contributed by atoms with Crippen molar-refractivity contribution in [2.45, 2.75) is 64.8 Å². The SMILES string of the molecule is CC(C)C[C@H]1COc2ccccc2CCCCC2(CCN(C(=O)CN(C)C)CC2)C(=O)N1. The number of aryl methyl sites for hydroxylation is 1. The number of piperidine rings is 1. The van der Waals surface area contributed by atoms with Gasteiger partial charge in [-0.15, -0.1) is 0 Å². The maximum atomic E-state index is 13.6. The number of hydrogen-bond donors (Lipinski definition) is 1. The van der Waals surface area contributed by atoms with Crippen molar-refractivity contribution in [2.75, 3.05) is 40.3 Å². The third kappa shape index (κ3) is 6.47. The lowest BCUT2D eigenvalue weighted by Gasteiger charge is -2.42. The first-order chi connectivity index (χ1) is 15.3. The van der Waals surface area contributed by atoms with Crippen molar-refractivity contribution in [3.05, 3.63) is 29.8 Å². The van der Waals surface area contributed by atoms with Crippen LogP contribution in [0.15, 0.2) is 24.3 Å². The molecule has 6 heteroatoms. The molecule has 1 N–H and O–H groups in total. The summed E-state index contributed by atoms with van der Waals surface area (Å²) >= 11 is 0. The molecule has 1 fully saturated rings. The third-order valence-electron chi connectivity index (χ3n) is 6.86. The molecule has 178 valence electrons. The number of nitrogens with zero attached hydrogens (tertiary/aromatic N) is 2. The monoisotopic (exact) mass is 443 g/mol. The maximum absolute atomic E-state index is 13.6. The average Bonchev–Trinajstić information content (AvgIpc) is 2.74. The topological polar surface area (TPSA) is 61.9 Å². The van der Waals surface area contributed by atoms with Gasteiger partial charge in [-0.3, -0.25) is 9.59 Å². The summed E-state index contributed by atoms with van der Waals surface area (Å²) in [6.45, 7) is 6.60. The van der Waals surface area contributed by atoms with Crippen LogP contribution in [0.1, 0.15) is 57.9 Å². The lowest BCUT2D eigenvalue weighted by Crippen LogP contribution is -2.54. The largest absolute Gasteiger partial charge is 0.491 e. The number of ether oxygens (including phenoxy) is 1. The van der Waals surface area contributed by atoms with Gasteiger partial charge in [0.15, 0.2) is 0 Å². The first-order valence-corrected chi connectivity index (χ1v) is 12.2.